The molecule has 4 aromatic rings. The third-order valence-electron chi connectivity index (χ3n) is 5.60. The molecule has 2 aromatic heterocycles. The molecule has 0 radical (unpaired) electrons. The number of hydrogen-bond donors (Lipinski definition) is 0. The third kappa shape index (κ3) is 4.36. The lowest BCUT2D eigenvalue weighted by Crippen LogP contribution is -2.36. The summed E-state index contributed by atoms with van der Waals surface area (Å²) in [5.41, 5.74) is 4.83. The van der Waals surface area contributed by atoms with Gasteiger partial charge in [-0.15, -0.1) is 5.10 Å². The summed E-state index contributed by atoms with van der Waals surface area (Å²) in [6.07, 6.45) is 5.26. The van der Waals surface area contributed by atoms with Crippen molar-refractivity contribution in [2.45, 2.75) is 30.7 Å². The van der Waals surface area contributed by atoms with Gasteiger partial charge in [-0.3, -0.25) is 4.79 Å². The Morgan fingerprint density at radius 2 is 1.94 bits per heavy atom. The molecule has 2 aromatic carbocycles. The van der Waals surface area contributed by atoms with Crippen LogP contribution in [0.15, 0.2) is 66.1 Å². The van der Waals surface area contributed by atoms with E-state index in [0.717, 1.165) is 29.8 Å². The predicted octanol–water partition coefficient (Wildman–Crippen LogP) is 4.90. The van der Waals surface area contributed by atoms with Gasteiger partial charge in [-0.25, -0.2) is 14.6 Å². The smallest absolute Gasteiger partial charge is 0.280 e. The molecule has 0 bridgehead atoms. The van der Waals surface area contributed by atoms with E-state index in [1.54, 1.807) is 23.1 Å². The van der Waals surface area contributed by atoms with Gasteiger partial charge >= 0.3 is 0 Å². The van der Waals surface area contributed by atoms with E-state index in [9.17, 15) is 4.79 Å². The number of aromatic nitrogens is 5. The maximum atomic E-state index is 13.7. The van der Waals surface area contributed by atoms with Crippen LogP contribution < -0.4 is 4.90 Å². The predicted molar refractivity (Wildman–Crippen MR) is 129 cm³/mol. The van der Waals surface area contributed by atoms with Crippen LogP contribution in [0.3, 0.4) is 0 Å². The number of fused-ring (bicyclic) bond motifs is 1. The first-order chi connectivity index (χ1) is 16.1. The topological polar surface area (TPSA) is 76.8 Å². The number of halogens is 1. The first kappa shape index (κ1) is 21.6. The van der Waals surface area contributed by atoms with Gasteiger partial charge in [0.25, 0.3) is 5.91 Å². The van der Waals surface area contributed by atoms with Gasteiger partial charge in [0.2, 0.25) is 0 Å². The average Bonchev–Trinajstić information content (AvgIpc) is 3.28. The second-order valence-corrected chi connectivity index (χ2v) is 9.09. The maximum absolute atomic E-state index is 13.7. The van der Waals surface area contributed by atoms with Crippen molar-refractivity contribution in [3.63, 3.8) is 0 Å². The standard InChI is InChI=1S/C24H21ClN6OS/c1-16-9-10-18(14-19(16)25)31-21(15-33-24-26-11-5-12-27-24)22(28-29-31)23(32)30-13-4-7-17-6-2-3-8-20(17)30/h2-3,5-6,8-12,14H,4,7,13,15H2,1H3. The molecule has 5 rings (SSSR count). The lowest BCUT2D eigenvalue weighted by Gasteiger charge is -2.29. The van der Waals surface area contributed by atoms with Crippen LogP contribution in [0.25, 0.3) is 5.69 Å². The van der Waals surface area contributed by atoms with Crippen LogP contribution in [0.1, 0.15) is 33.7 Å². The molecule has 0 aliphatic carbocycles. The van der Waals surface area contributed by atoms with E-state index < -0.39 is 0 Å². The molecule has 0 atom stereocenters. The molecule has 33 heavy (non-hydrogen) atoms. The van der Waals surface area contributed by atoms with Crippen LogP contribution in [-0.2, 0) is 12.2 Å². The van der Waals surface area contributed by atoms with E-state index in [0.29, 0.717) is 33.9 Å². The van der Waals surface area contributed by atoms with Gasteiger partial charge in [-0.2, -0.15) is 0 Å². The van der Waals surface area contributed by atoms with Crippen LogP contribution in [0.5, 0.6) is 0 Å². The Morgan fingerprint density at radius 1 is 1.12 bits per heavy atom. The van der Waals surface area contributed by atoms with Gasteiger partial charge < -0.3 is 4.90 Å². The molecule has 0 fully saturated rings. The minimum absolute atomic E-state index is 0.156. The lowest BCUT2D eigenvalue weighted by atomic mass is 10.0. The molecule has 0 unspecified atom stereocenters. The van der Waals surface area contributed by atoms with Crippen LogP contribution in [-0.4, -0.2) is 37.4 Å². The minimum atomic E-state index is -0.156. The molecule has 0 saturated heterocycles. The Hall–Kier alpha value is -3.23. The molecule has 166 valence electrons. The van der Waals surface area contributed by atoms with Crippen LogP contribution in [0, 0.1) is 6.92 Å². The first-order valence-electron chi connectivity index (χ1n) is 10.6. The van der Waals surface area contributed by atoms with E-state index in [4.69, 9.17) is 11.6 Å². The van der Waals surface area contributed by atoms with Crippen molar-refractivity contribution in [2.75, 3.05) is 11.4 Å². The summed E-state index contributed by atoms with van der Waals surface area (Å²) >= 11 is 7.81. The quantitative estimate of drug-likeness (QED) is 0.301. The van der Waals surface area contributed by atoms with E-state index in [1.807, 2.05) is 48.2 Å². The zero-order chi connectivity index (χ0) is 22.8. The Bertz CT molecular complexity index is 1310. The molecule has 3 heterocycles. The number of carbonyl (C=O) groups is 1. The molecule has 0 spiro atoms. The summed E-state index contributed by atoms with van der Waals surface area (Å²) < 4.78 is 1.68. The second-order valence-electron chi connectivity index (χ2n) is 7.74. The average molecular weight is 477 g/mol. The fourth-order valence-electron chi connectivity index (χ4n) is 3.88. The number of hydrogen-bond acceptors (Lipinski definition) is 6. The van der Waals surface area contributed by atoms with Crippen molar-refractivity contribution >= 4 is 35.0 Å². The first-order valence-corrected chi connectivity index (χ1v) is 12.0. The number of rotatable bonds is 5. The summed E-state index contributed by atoms with van der Waals surface area (Å²) in [4.78, 5) is 24.1. The van der Waals surface area contributed by atoms with Crippen molar-refractivity contribution in [1.29, 1.82) is 0 Å². The van der Waals surface area contributed by atoms with Crippen LogP contribution in [0.2, 0.25) is 5.02 Å². The number of thioether (sulfide) groups is 1. The van der Waals surface area contributed by atoms with E-state index in [2.05, 4.69) is 26.3 Å². The summed E-state index contributed by atoms with van der Waals surface area (Å²) in [7, 11) is 0. The van der Waals surface area contributed by atoms with Crippen molar-refractivity contribution in [3.05, 3.63) is 88.5 Å². The molecule has 1 amide bonds. The van der Waals surface area contributed by atoms with E-state index in [1.165, 1.54) is 17.3 Å². The summed E-state index contributed by atoms with van der Waals surface area (Å²) in [6, 6.07) is 15.5. The highest BCUT2D eigenvalue weighted by atomic mass is 35.5. The fraction of sp³-hybridized carbons (Fsp3) is 0.208. The highest BCUT2D eigenvalue weighted by Gasteiger charge is 2.29. The summed E-state index contributed by atoms with van der Waals surface area (Å²) in [5.74, 6) is 0.273. The number of carbonyl (C=O) groups excluding carboxylic acids is 1. The Labute approximate surface area is 200 Å². The van der Waals surface area contributed by atoms with Crippen molar-refractivity contribution in [1.82, 2.24) is 25.0 Å². The third-order valence-corrected chi connectivity index (χ3v) is 6.90. The van der Waals surface area contributed by atoms with E-state index >= 15 is 0 Å². The van der Waals surface area contributed by atoms with Crippen molar-refractivity contribution < 1.29 is 4.79 Å². The highest BCUT2D eigenvalue weighted by molar-refractivity contribution is 7.98. The van der Waals surface area contributed by atoms with E-state index in [-0.39, 0.29) is 5.91 Å². The van der Waals surface area contributed by atoms with Crippen molar-refractivity contribution in [3.8, 4) is 5.69 Å². The minimum Gasteiger partial charge on any atom is -0.307 e. The molecule has 9 heteroatoms. The molecular weight excluding hydrogens is 456 g/mol. The maximum Gasteiger partial charge on any atom is 0.280 e. The Balaban J connectivity index is 1.55. The van der Waals surface area contributed by atoms with Gasteiger partial charge in [0.15, 0.2) is 10.9 Å². The SMILES string of the molecule is Cc1ccc(-n2nnc(C(=O)N3CCCc4ccccc43)c2CSc2ncccn2)cc1Cl. The highest BCUT2D eigenvalue weighted by Crippen LogP contribution is 2.30. The van der Waals surface area contributed by atoms with Gasteiger partial charge in [0, 0.05) is 35.4 Å². The van der Waals surface area contributed by atoms with Crippen LogP contribution in [0.4, 0.5) is 5.69 Å². The number of anilines is 1. The van der Waals surface area contributed by atoms with Gasteiger partial charge in [0.1, 0.15) is 0 Å². The van der Waals surface area contributed by atoms with Crippen molar-refractivity contribution in [2.24, 2.45) is 0 Å². The van der Waals surface area contributed by atoms with Crippen LogP contribution >= 0.6 is 23.4 Å². The molecular formula is C24H21ClN6OS. The monoisotopic (exact) mass is 476 g/mol. The Kier molecular flexibility index (Phi) is 6.11. The lowest BCUT2D eigenvalue weighted by molar-refractivity contribution is 0.0979. The number of amides is 1. The number of benzene rings is 2. The second kappa shape index (κ2) is 9.33. The Morgan fingerprint density at radius 3 is 2.76 bits per heavy atom. The number of para-hydroxylation sites is 1. The number of aryl methyl sites for hydroxylation is 2. The summed E-state index contributed by atoms with van der Waals surface area (Å²) in [5, 5.41) is 9.93. The molecule has 1 aliphatic rings. The summed E-state index contributed by atoms with van der Waals surface area (Å²) in [6.45, 7) is 2.59. The molecule has 7 nitrogen and oxygen atoms in total. The number of nitrogens with zero attached hydrogens (tertiary/aromatic N) is 6. The van der Waals surface area contributed by atoms with Gasteiger partial charge in [-0.05, 0) is 55.2 Å². The molecule has 0 saturated carbocycles. The fourth-order valence-corrected chi connectivity index (χ4v) is 4.85. The zero-order valence-corrected chi connectivity index (χ0v) is 19.6. The molecule has 1 aliphatic heterocycles. The molecule has 0 N–H and O–H groups in total. The zero-order valence-electron chi connectivity index (χ0n) is 18.0. The van der Waals surface area contributed by atoms with Gasteiger partial charge in [0.05, 0.1) is 11.4 Å². The van der Waals surface area contributed by atoms with Gasteiger partial charge in [-0.1, -0.05) is 52.8 Å². The normalized spacial score (nSPS) is 13.1. The largest absolute Gasteiger partial charge is 0.307 e.